The summed E-state index contributed by atoms with van der Waals surface area (Å²) in [6.07, 6.45) is 16.9. The van der Waals surface area contributed by atoms with E-state index >= 15 is 0 Å². The van der Waals surface area contributed by atoms with E-state index in [4.69, 9.17) is 4.55 Å². The summed E-state index contributed by atoms with van der Waals surface area (Å²) in [6, 6.07) is 2.13. The number of hydrogen-bond donors (Lipinski definition) is 3. The molecule has 0 spiro atoms. The highest BCUT2D eigenvalue weighted by Crippen LogP contribution is 2.31. The van der Waals surface area contributed by atoms with Gasteiger partial charge in [0.15, 0.2) is 0 Å². The third-order valence-electron chi connectivity index (χ3n) is 4.99. The van der Waals surface area contributed by atoms with Crippen LogP contribution in [-0.2, 0) is 16.5 Å². The molecule has 6 heteroatoms. The summed E-state index contributed by atoms with van der Waals surface area (Å²) in [7, 11) is -4.53. The summed E-state index contributed by atoms with van der Waals surface area (Å²) < 4.78 is 31.2. The van der Waals surface area contributed by atoms with Gasteiger partial charge in [0, 0.05) is 6.07 Å². The highest BCUT2D eigenvalue weighted by atomic mass is 32.2. The van der Waals surface area contributed by atoms with Crippen LogP contribution in [0.3, 0.4) is 0 Å². The molecule has 0 aromatic heterocycles. The van der Waals surface area contributed by atoms with Crippen molar-refractivity contribution in [3.05, 3.63) is 17.7 Å². The van der Waals surface area contributed by atoms with Gasteiger partial charge in [0.1, 0.15) is 16.4 Å². The average Bonchev–Trinajstić information content (AvgIpc) is 2.60. The second-order valence-corrected chi connectivity index (χ2v) is 8.81. The normalized spacial score (nSPS) is 11.8. The third-order valence-corrected chi connectivity index (χ3v) is 5.87. The maximum Gasteiger partial charge on any atom is 0.298 e. The lowest BCUT2D eigenvalue weighted by Crippen LogP contribution is -1.99. The van der Waals surface area contributed by atoms with Gasteiger partial charge in [0.25, 0.3) is 10.1 Å². The molecule has 156 valence electrons. The monoisotopic (exact) mass is 400 g/mol. The molecule has 1 aromatic rings. The van der Waals surface area contributed by atoms with Crippen LogP contribution in [0.1, 0.15) is 96.0 Å². The van der Waals surface area contributed by atoms with Crippen LogP contribution in [0.4, 0.5) is 0 Å². The number of aryl methyl sites for hydroxylation is 1. The highest BCUT2D eigenvalue weighted by molar-refractivity contribution is 7.86. The number of unbranched alkanes of at least 4 members (excludes halogenated alkanes) is 12. The Morgan fingerprint density at radius 3 is 1.59 bits per heavy atom. The Hall–Kier alpha value is -1.27. The number of phenols is 2. The van der Waals surface area contributed by atoms with Crippen molar-refractivity contribution in [2.24, 2.45) is 0 Å². The van der Waals surface area contributed by atoms with Gasteiger partial charge in [-0.15, -0.1) is 0 Å². The zero-order valence-electron chi connectivity index (χ0n) is 16.6. The molecule has 0 unspecified atom stereocenters. The molecule has 0 fully saturated rings. The molecule has 0 amide bonds. The molecule has 0 aliphatic carbocycles. The molecule has 0 aliphatic heterocycles. The summed E-state index contributed by atoms with van der Waals surface area (Å²) in [5.41, 5.74) is 0.503. The summed E-state index contributed by atoms with van der Waals surface area (Å²) in [6.45, 7) is 2.24. The quantitative estimate of drug-likeness (QED) is 0.191. The molecule has 0 saturated heterocycles. The van der Waals surface area contributed by atoms with Gasteiger partial charge in [0.05, 0.1) is 0 Å². The van der Waals surface area contributed by atoms with Gasteiger partial charge in [0.2, 0.25) is 0 Å². The van der Waals surface area contributed by atoms with Crippen LogP contribution in [0.25, 0.3) is 0 Å². The van der Waals surface area contributed by atoms with Gasteiger partial charge >= 0.3 is 0 Å². The van der Waals surface area contributed by atoms with Crippen molar-refractivity contribution in [1.29, 1.82) is 0 Å². The van der Waals surface area contributed by atoms with E-state index in [1.807, 2.05) is 0 Å². The van der Waals surface area contributed by atoms with E-state index in [9.17, 15) is 18.6 Å². The van der Waals surface area contributed by atoms with E-state index < -0.39 is 20.8 Å². The number of benzene rings is 1. The van der Waals surface area contributed by atoms with Gasteiger partial charge in [-0.2, -0.15) is 8.42 Å². The largest absolute Gasteiger partial charge is 0.508 e. The lowest BCUT2D eigenvalue weighted by molar-refractivity contribution is 0.429. The Morgan fingerprint density at radius 2 is 1.15 bits per heavy atom. The van der Waals surface area contributed by atoms with Crippen LogP contribution in [-0.4, -0.2) is 23.2 Å². The molecular weight excluding hydrogens is 364 g/mol. The first-order chi connectivity index (χ1) is 12.9. The fourth-order valence-electron chi connectivity index (χ4n) is 3.34. The van der Waals surface area contributed by atoms with E-state index in [1.165, 1.54) is 70.3 Å². The van der Waals surface area contributed by atoms with Crippen molar-refractivity contribution in [2.75, 3.05) is 0 Å². The SMILES string of the molecule is CCCCCCCCCCCCCCCc1cc(O)c(S(=O)(=O)O)cc1O. The van der Waals surface area contributed by atoms with Crippen LogP contribution in [0, 0.1) is 0 Å². The van der Waals surface area contributed by atoms with E-state index in [1.54, 1.807) is 0 Å². The number of phenolic OH excluding ortho intramolecular Hbond substituents is 2. The molecule has 5 nitrogen and oxygen atoms in total. The van der Waals surface area contributed by atoms with Crippen molar-refractivity contribution < 1.29 is 23.2 Å². The Kier molecular flexibility index (Phi) is 11.4. The lowest BCUT2D eigenvalue weighted by atomic mass is 10.0. The highest BCUT2D eigenvalue weighted by Gasteiger charge is 2.18. The molecule has 3 N–H and O–H groups in total. The average molecular weight is 401 g/mol. The van der Waals surface area contributed by atoms with E-state index in [0.717, 1.165) is 25.3 Å². The first-order valence-electron chi connectivity index (χ1n) is 10.4. The fraction of sp³-hybridized carbons (Fsp3) is 0.714. The summed E-state index contributed by atoms with van der Waals surface area (Å²) >= 11 is 0. The third kappa shape index (κ3) is 10.0. The van der Waals surface area contributed by atoms with E-state index in [2.05, 4.69) is 6.92 Å². The number of rotatable bonds is 15. The second-order valence-electron chi connectivity index (χ2n) is 7.42. The summed E-state index contributed by atoms with van der Waals surface area (Å²) in [5.74, 6) is -0.737. The van der Waals surface area contributed by atoms with Crippen molar-refractivity contribution >= 4 is 10.1 Å². The van der Waals surface area contributed by atoms with Gasteiger partial charge in [-0.05, 0) is 24.5 Å². The van der Waals surface area contributed by atoms with Crippen LogP contribution in [0.5, 0.6) is 11.5 Å². The molecule has 0 aliphatic rings. The summed E-state index contributed by atoms with van der Waals surface area (Å²) in [5, 5.41) is 19.6. The fourth-order valence-corrected chi connectivity index (χ4v) is 3.92. The van der Waals surface area contributed by atoms with Crippen LogP contribution < -0.4 is 0 Å². The topological polar surface area (TPSA) is 94.8 Å². The van der Waals surface area contributed by atoms with Crippen molar-refractivity contribution in [3.8, 4) is 11.5 Å². The molecule has 0 heterocycles. The van der Waals surface area contributed by atoms with Gasteiger partial charge in [-0.1, -0.05) is 84.0 Å². The van der Waals surface area contributed by atoms with Crippen LogP contribution in [0.2, 0.25) is 0 Å². The smallest absolute Gasteiger partial charge is 0.298 e. The lowest BCUT2D eigenvalue weighted by Gasteiger charge is -2.08. The van der Waals surface area contributed by atoms with Crippen molar-refractivity contribution in [3.63, 3.8) is 0 Å². The molecule has 1 rings (SSSR count). The zero-order valence-corrected chi connectivity index (χ0v) is 17.4. The van der Waals surface area contributed by atoms with Gasteiger partial charge < -0.3 is 10.2 Å². The minimum atomic E-state index is -4.53. The zero-order chi connectivity index (χ0) is 20.1. The molecular formula is C21H36O5S. The molecule has 0 radical (unpaired) electrons. The van der Waals surface area contributed by atoms with E-state index in [0.29, 0.717) is 12.0 Å². The van der Waals surface area contributed by atoms with E-state index in [-0.39, 0.29) is 5.75 Å². The predicted molar refractivity (Wildman–Crippen MR) is 109 cm³/mol. The molecule has 0 atom stereocenters. The van der Waals surface area contributed by atoms with Crippen LogP contribution >= 0.6 is 0 Å². The van der Waals surface area contributed by atoms with Crippen molar-refractivity contribution in [1.82, 2.24) is 0 Å². The Morgan fingerprint density at radius 1 is 0.704 bits per heavy atom. The molecule has 0 saturated carbocycles. The number of aromatic hydroxyl groups is 2. The predicted octanol–water partition coefficient (Wildman–Crippen LogP) is 5.98. The summed E-state index contributed by atoms with van der Waals surface area (Å²) in [4.78, 5) is -0.658. The van der Waals surface area contributed by atoms with Crippen LogP contribution in [0.15, 0.2) is 17.0 Å². The Labute approximate surface area is 164 Å². The molecule has 1 aromatic carbocycles. The minimum Gasteiger partial charge on any atom is -0.508 e. The first-order valence-corrected chi connectivity index (χ1v) is 11.8. The minimum absolute atomic E-state index is 0.209. The Balaban J connectivity index is 2.11. The van der Waals surface area contributed by atoms with Gasteiger partial charge in [-0.25, -0.2) is 0 Å². The number of hydrogen-bond acceptors (Lipinski definition) is 4. The van der Waals surface area contributed by atoms with Crippen molar-refractivity contribution in [2.45, 2.75) is 102 Å². The maximum atomic E-state index is 11.1. The van der Waals surface area contributed by atoms with Gasteiger partial charge in [-0.3, -0.25) is 4.55 Å². The molecule has 0 bridgehead atoms. The first kappa shape index (κ1) is 23.8. The molecule has 27 heavy (non-hydrogen) atoms. The standard InChI is InChI=1S/C21H36O5S/c1-2-3-4-5-6-7-8-9-10-11-12-13-14-15-18-16-20(23)21(17-19(18)22)27(24,25)26/h16-17,22-23H,2-15H2,1H3,(H,24,25,26). The Bertz CT molecular complexity index is 640. The second kappa shape index (κ2) is 13.0. The maximum absolute atomic E-state index is 11.1.